The molecule has 3 aromatic heterocycles. The minimum absolute atomic E-state index is 0.00367. The van der Waals surface area contributed by atoms with Crippen molar-refractivity contribution in [2.45, 2.75) is 51.4 Å². The van der Waals surface area contributed by atoms with E-state index in [1.54, 1.807) is 0 Å². The van der Waals surface area contributed by atoms with Crippen molar-refractivity contribution in [3.63, 3.8) is 0 Å². The van der Waals surface area contributed by atoms with Gasteiger partial charge in [0.1, 0.15) is 0 Å². The molecule has 0 unspecified atom stereocenters. The summed E-state index contributed by atoms with van der Waals surface area (Å²) in [5.74, 6) is 1.86. The molecule has 1 aliphatic rings. The summed E-state index contributed by atoms with van der Waals surface area (Å²) in [6.07, 6.45) is 2.25. The van der Waals surface area contributed by atoms with Crippen molar-refractivity contribution in [3.05, 3.63) is 199 Å². The number of aromatic nitrogens is 5. The van der Waals surface area contributed by atoms with Gasteiger partial charge in [-0.1, -0.05) is 167 Å². The molecule has 0 atom stereocenters. The third-order valence-corrected chi connectivity index (χ3v) is 14.6. The number of rotatable bonds is 5. The molecule has 0 amide bonds. The van der Waals surface area contributed by atoms with Crippen molar-refractivity contribution in [2.75, 3.05) is 0 Å². The standard InChI is InChI=1S/C61H47N5/c1-60(2)31-32-61(3,4)51-36-53-48(35-50(51)60)47-34-49-55(65(45-20-9-6-10-21-45)52-30-29-40-16-13-14-22-46(40)56(49)52)37-54(47)66(53)59-63-57(41-17-7-5-8-18-41)62-58(64-59)42-26-23-39(24-27-42)44-28-25-38-15-11-12-19-43(38)33-44/h5-30,33-37H,31-32H2,1-4H3. The molecular weight excluding hydrogens is 803 g/mol. The maximum absolute atomic E-state index is 5.47. The molecule has 0 radical (unpaired) electrons. The molecule has 13 rings (SSSR count). The molecule has 5 nitrogen and oxygen atoms in total. The second-order valence-corrected chi connectivity index (χ2v) is 19.5. The highest BCUT2D eigenvalue weighted by atomic mass is 15.2. The zero-order valence-electron chi connectivity index (χ0n) is 37.5. The molecule has 0 fully saturated rings. The van der Waals surface area contributed by atoms with Gasteiger partial charge in [-0.3, -0.25) is 4.57 Å². The second-order valence-electron chi connectivity index (χ2n) is 19.5. The van der Waals surface area contributed by atoms with E-state index in [0.717, 1.165) is 51.8 Å². The summed E-state index contributed by atoms with van der Waals surface area (Å²) in [5, 5.41) is 9.81. The molecular formula is C61H47N5. The molecule has 66 heavy (non-hydrogen) atoms. The van der Waals surface area contributed by atoms with Gasteiger partial charge in [-0.05, 0) is 116 Å². The molecule has 5 heteroatoms. The Hall–Kier alpha value is -7.89. The van der Waals surface area contributed by atoms with Crippen molar-refractivity contribution >= 4 is 65.2 Å². The lowest BCUT2D eigenvalue weighted by Crippen LogP contribution is -2.33. The monoisotopic (exact) mass is 849 g/mol. The summed E-state index contributed by atoms with van der Waals surface area (Å²) in [5.41, 5.74) is 12.6. The summed E-state index contributed by atoms with van der Waals surface area (Å²) in [6, 6.07) is 68.1. The van der Waals surface area contributed by atoms with Crippen LogP contribution in [-0.2, 0) is 10.8 Å². The predicted molar refractivity (Wildman–Crippen MR) is 275 cm³/mol. The zero-order chi connectivity index (χ0) is 44.3. The number of benzene rings is 9. The topological polar surface area (TPSA) is 48.5 Å². The van der Waals surface area contributed by atoms with Gasteiger partial charge in [-0.2, -0.15) is 9.97 Å². The number of fused-ring (bicyclic) bond motifs is 10. The van der Waals surface area contributed by atoms with Gasteiger partial charge in [0.15, 0.2) is 11.6 Å². The quantitative estimate of drug-likeness (QED) is 0.173. The summed E-state index contributed by atoms with van der Waals surface area (Å²) in [4.78, 5) is 16.1. The first-order chi connectivity index (χ1) is 32.2. The summed E-state index contributed by atoms with van der Waals surface area (Å²) in [6.45, 7) is 9.65. The Bertz CT molecular complexity index is 3910. The van der Waals surface area contributed by atoms with Crippen LogP contribution in [0.15, 0.2) is 188 Å². The fourth-order valence-electron chi connectivity index (χ4n) is 10.9. The zero-order valence-corrected chi connectivity index (χ0v) is 37.5. The lowest BCUT2D eigenvalue weighted by molar-refractivity contribution is 0.332. The Kier molecular flexibility index (Phi) is 8.36. The molecule has 0 saturated heterocycles. The van der Waals surface area contributed by atoms with Crippen LogP contribution in [0.4, 0.5) is 0 Å². The van der Waals surface area contributed by atoms with Gasteiger partial charge in [0.25, 0.3) is 0 Å². The third kappa shape index (κ3) is 5.96. The molecule has 12 aromatic rings. The highest BCUT2D eigenvalue weighted by molar-refractivity contribution is 6.25. The van der Waals surface area contributed by atoms with Gasteiger partial charge in [-0.25, -0.2) is 4.98 Å². The van der Waals surface area contributed by atoms with Gasteiger partial charge in [-0.15, -0.1) is 0 Å². The van der Waals surface area contributed by atoms with Crippen LogP contribution in [-0.4, -0.2) is 24.1 Å². The van der Waals surface area contributed by atoms with Gasteiger partial charge in [0.2, 0.25) is 5.95 Å². The minimum atomic E-state index is -0.00367. The first-order valence-electron chi connectivity index (χ1n) is 23.1. The number of para-hydroxylation sites is 1. The Balaban J connectivity index is 1.12. The van der Waals surface area contributed by atoms with Crippen molar-refractivity contribution in [1.29, 1.82) is 0 Å². The van der Waals surface area contributed by atoms with Crippen LogP contribution in [0, 0.1) is 0 Å². The molecule has 0 N–H and O–H groups in total. The number of hydrogen-bond acceptors (Lipinski definition) is 3. The third-order valence-electron chi connectivity index (χ3n) is 14.6. The van der Waals surface area contributed by atoms with E-state index in [1.165, 1.54) is 65.3 Å². The molecule has 0 bridgehead atoms. The summed E-state index contributed by atoms with van der Waals surface area (Å²) >= 11 is 0. The van der Waals surface area contributed by atoms with E-state index in [1.807, 2.05) is 6.07 Å². The Morgan fingerprint density at radius 3 is 1.65 bits per heavy atom. The number of hydrogen-bond donors (Lipinski definition) is 0. The van der Waals surface area contributed by atoms with E-state index in [2.05, 4.69) is 219 Å². The van der Waals surface area contributed by atoms with Gasteiger partial charge in [0.05, 0.1) is 22.1 Å². The number of nitrogens with zero attached hydrogens (tertiary/aromatic N) is 5. The average molecular weight is 850 g/mol. The maximum atomic E-state index is 5.47. The fourth-order valence-corrected chi connectivity index (χ4v) is 10.9. The van der Waals surface area contributed by atoms with Crippen LogP contribution < -0.4 is 0 Å². The molecule has 0 spiro atoms. The van der Waals surface area contributed by atoms with E-state index in [4.69, 9.17) is 15.0 Å². The normalized spacial score (nSPS) is 14.5. The Labute approximate surface area is 383 Å². The summed E-state index contributed by atoms with van der Waals surface area (Å²) < 4.78 is 4.76. The van der Waals surface area contributed by atoms with Crippen molar-refractivity contribution in [3.8, 4) is 45.5 Å². The van der Waals surface area contributed by atoms with Crippen LogP contribution in [0.25, 0.3) is 111 Å². The maximum Gasteiger partial charge on any atom is 0.238 e. The van der Waals surface area contributed by atoms with Gasteiger partial charge < -0.3 is 4.57 Å². The first-order valence-corrected chi connectivity index (χ1v) is 23.1. The van der Waals surface area contributed by atoms with Crippen LogP contribution >= 0.6 is 0 Å². The molecule has 1 aliphatic carbocycles. The van der Waals surface area contributed by atoms with Crippen LogP contribution in [0.3, 0.4) is 0 Å². The van der Waals surface area contributed by atoms with Gasteiger partial charge in [0, 0.05) is 38.4 Å². The minimum Gasteiger partial charge on any atom is -0.309 e. The first kappa shape index (κ1) is 38.6. The second kappa shape index (κ2) is 14.3. The molecule has 3 heterocycles. The Morgan fingerprint density at radius 1 is 0.364 bits per heavy atom. The van der Waals surface area contributed by atoms with Crippen molar-refractivity contribution < 1.29 is 0 Å². The Morgan fingerprint density at radius 2 is 0.909 bits per heavy atom. The van der Waals surface area contributed by atoms with E-state index >= 15 is 0 Å². The molecule has 316 valence electrons. The van der Waals surface area contributed by atoms with E-state index < -0.39 is 0 Å². The highest BCUT2D eigenvalue weighted by Gasteiger charge is 2.38. The van der Waals surface area contributed by atoms with E-state index in [0.29, 0.717) is 17.6 Å². The highest BCUT2D eigenvalue weighted by Crippen LogP contribution is 2.49. The van der Waals surface area contributed by atoms with Crippen LogP contribution in [0.5, 0.6) is 0 Å². The van der Waals surface area contributed by atoms with E-state index in [-0.39, 0.29) is 10.8 Å². The lowest BCUT2D eigenvalue weighted by Gasteiger charge is -2.42. The van der Waals surface area contributed by atoms with Crippen LogP contribution in [0.1, 0.15) is 51.7 Å². The van der Waals surface area contributed by atoms with Gasteiger partial charge >= 0.3 is 0 Å². The largest absolute Gasteiger partial charge is 0.309 e. The van der Waals surface area contributed by atoms with Crippen LogP contribution in [0.2, 0.25) is 0 Å². The lowest BCUT2D eigenvalue weighted by atomic mass is 9.63. The summed E-state index contributed by atoms with van der Waals surface area (Å²) in [7, 11) is 0. The SMILES string of the molecule is CC1(C)CCC(C)(C)c2cc3c(cc21)c1cc2c4c5ccccc5ccc4n(-c4ccccc4)c2cc1n3-c1nc(-c2ccccc2)nc(-c2ccc(-c3ccc4ccccc4c3)cc2)n1. The molecule has 9 aromatic carbocycles. The van der Waals surface area contributed by atoms with Crippen molar-refractivity contribution in [1.82, 2.24) is 24.1 Å². The molecule has 0 saturated carbocycles. The fraction of sp³-hybridized carbons (Fsp3) is 0.131. The van der Waals surface area contributed by atoms with E-state index in [9.17, 15) is 0 Å². The predicted octanol–water partition coefficient (Wildman–Crippen LogP) is 15.7. The average Bonchev–Trinajstić information content (AvgIpc) is 3.86. The molecule has 0 aliphatic heterocycles. The van der Waals surface area contributed by atoms with Crippen molar-refractivity contribution in [2.24, 2.45) is 0 Å². The smallest absolute Gasteiger partial charge is 0.238 e.